The van der Waals surface area contributed by atoms with Crippen LogP contribution in [0.1, 0.15) is 22.8 Å². The van der Waals surface area contributed by atoms with Crippen LogP contribution in [0, 0.1) is 0 Å². The smallest absolute Gasteiger partial charge is 0.339 e. The zero-order chi connectivity index (χ0) is 19.2. The molecular formula is C20H22ClN3O3. The van der Waals surface area contributed by atoms with E-state index in [0.29, 0.717) is 13.1 Å². The van der Waals surface area contributed by atoms with Crippen molar-refractivity contribution in [1.82, 2.24) is 14.8 Å². The van der Waals surface area contributed by atoms with Crippen LogP contribution >= 0.6 is 11.6 Å². The first-order chi connectivity index (χ1) is 13.0. The molecule has 3 rings (SSSR count). The van der Waals surface area contributed by atoms with Crippen molar-refractivity contribution in [2.24, 2.45) is 0 Å². The van der Waals surface area contributed by atoms with E-state index in [1.165, 1.54) is 23.9 Å². The summed E-state index contributed by atoms with van der Waals surface area (Å²) in [4.78, 5) is 32.6. The Labute approximate surface area is 163 Å². The lowest BCUT2D eigenvalue weighted by Crippen LogP contribution is -2.51. The molecule has 0 radical (unpaired) electrons. The maximum atomic E-state index is 12.6. The highest BCUT2D eigenvalue weighted by molar-refractivity contribution is 6.29. The number of hydrogen-bond acceptors (Lipinski definition) is 5. The van der Waals surface area contributed by atoms with E-state index in [0.717, 1.165) is 19.6 Å². The van der Waals surface area contributed by atoms with Crippen molar-refractivity contribution in [3.63, 3.8) is 0 Å². The summed E-state index contributed by atoms with van der Waals surface area (Å²) in [6.45, 7) is 5.29. The van der Waals surface area contributed by atoms with Gasteiger partial charge >= 0.3 is 5.97 Å². The van der Waals surface area contributed by atoms with Crippen LogP contribution in [0.3, 0.4) is 0 Å². The maximum absolute atomic E-state index is 12.6. The van der Waals surface area contributed by atoms with Crippen molar-refractivity contribution in [3.8, 4) is 0 Å². The van der Waals surface area contributed by atoms with E-state index in [9.17, 15) is 9.59 Å². The van der Waals surface area contributed by atoms with Crippen molar-refractivity contribution >= 4 is 23.5 Å². The van der Waals surface area contributed by atoms with Crippen LogP contribution in [0.15, 0.2) is 48.7 Å². The number of aromatic nitrogens is 1. The molecule has 0 saturated carbocycles. The zero-order valence-electron chi connectivity index (χ0n) is 15.2. The van der Waals surface area contributed by atoms with Crippen LogP contribution in [-0.4, -0.2) is 58.9 Å². The topological polar surface area (TPSA) is 62.7 Å². The minimum absolute atomic E-state index is 0.178. The highest BCUT2D eigenvalue weighted by Crippen LogP contribution is 2.13. The molecule has 27 heavy (non-hydrogen) atoms. The molecule has 1 atom stereocenters. The van der Waals surface area contributed by atoms with Crippen molar-refractivity contribution in [2.75, 3.05) is 26.2 Å². The minimum atomic E-state index is -0.842. The highest BCUT2D eigenvalue weighted by atomic mass is 35.5. The van der Waals surface area contributed by atoms with Crippen LogP contribution in [0.25, 0.3) is 0 Å². The number of carbonyl (C=O) groups is 2. The molecule has 0 bridgehead atoms. The number of ether oxygens (including phenoxy) is 1. The van der Waals surface area contributed by atoms with Crippen LogP contribution in [-0.2, 0) is 16.1 Å². The Hall–Kier alpha value is -2.44. The largest absolute Gasteiger partial charge is 0.449 e. The second-order valence-corrected chi connectivity index (χ2v) is 6.89. The standard InChI is InChI=1S/C20H22ClN3O3/c1-15(27-20(26)17-7-8-22-18(21)13-17)19(25)24-11-9-23(10-12-24)14-16-5-3-2-4-6-16/h2-8,13,15H,9-12,14H2,1H3. The fourth-order valence-electron chi connectivity index (χ4n) is 3.03. The van der Waals surface area contributed by atoms with E-state index in [1.54, 1.807) is 11.8 Å². The van der Waals surface area contributed by atoms with Gasteiger partial charge in [0.05, 0.1) is 5.56 Å². The summed E-state index contributed by atoms with van der Waals surface area (Å²) in [7, 11) is 0. The zero-order valence-corrected chi connectivity index (χ0v) is 15.9. The molecule has 1 saturated heterocycles. The molecule has 6 nitrogen and oxygen atoms in total. The van der Waals surface area contributed by atoms with Gasteiger partial charge in [0.15, 0.2) is 6.10 Å². The van der Waals surface area contributed by atoms with Gasteiger partial charge in [0.25, 0.3) is 5.91 Å². The minimum Gasteiger partial charge on any atom is -0.449 e. The molecular weight excluding hydrogens is 366 g/mol. The van der Waals surface area contributed by atoms with Gasteiger partial charge in [-0.3, -0.25) is 9.69 Å². The highest BCUT2D eigenvalue weighted by Gasteiger charge is 2.27. The molecule has 2 heterocycles. The fourth-order valence-corrected chi connectivity index (χ4v) is 3.21. The third-order valence-electron chi connectivity index (χ3n) is 4.53. The molecule has 2 aromatic rings. The molecule has 1 aliphatic rings. The Morgan fingerprint density at radius 2 is 1.85 bits per heavy atom. The van der Waals surface area contributed by atoms with Gasteiger partial charge in [-0.2, -0.15) is 0 Å². The number of carbonyl (C=O) groups excluding carboxylic acids is 2. The van der Waals surface area contributed by atoms with Crippen molar-refractivity contribution in [3.05, 3.63) is 64.9 Å². The summed E-state index contributed by atoms with van der Waals surface area (Å²) >= 11 is 5.78. The van der Waals surface area contributed by atoms with Gasteiger partial charge in [0.2, 0.25) is 0 Å². The van der Waals surface area contributed by atoms with Crippen LogP contribution in [0.2, 0.25) is 5.15 Å². The lowest BCUT2D eigenvalue weighted by atomic mass is 10.2. The molecule has 0 spiro atoms. The summed E-state index contributed by atoms with van der Waals surface area (Å²) < 4.78 is 5.30. The molecule has 7 heteroatoms. The van der Waals surface area contributed by atoms with E-state index in [2.05, 4.69) is 22.0 Å². The Balaban J connectivity index is 1.49. The normalized spacial score (nSPS) is 16.0. The first-order valence-electron chi connectivity index (χ1n) is 8.90. The first-order valence-corrected chi connectivity index (χ1v) is 9.28. The average molecular weight is 388 g/mol. The Kier molecular flexibility index (Phi) is 6.42. The molecule has 1 unspecified atom stereocenters. The third kappa shape index (κ3) is 5.28. The number of benzene rings is 1. The van der Waals surface area contributed by atoms with E-state index < -0.39 is 12.1 Å². The van der Waals surface area contributed by atoms with Gasteiger partial charge in [0, 0.05) is 38.9 Å². The van der Waals surface area contributed by atoms with Gasteiger partial charge in [0.1, 0.15) is 5.15 Å². The predicted molar refractivity (Wildman–Crippen MR) is 102 cm³/mol. The summed E-state index contributed by atoms with van der Waals surface area (Å²) in [5.74, 6) is -0.759. The summed E-state index contributed by atoms with van der Waals surface area (Å²) in [6, 6.07) is 13.2. The molecule has 0 aliphatic carbocycles. The van der Waals surface area contributed by atoms with Crippen LogP contribution in [0.4, 0.5) is 0 Å². The number of rotatable bonds is 5. The second kappa shape index (κ2) is 8.97. The Morgan fingerprint density at radius 1 is 1.15 bits per heavy atom. The van der Waals surface area contributed by atoms with Gasteiger partial charge in [-0.05, 0) is 24.6 Å². The molecule has 1 fully saturated rings. The number of esters is 1. The van der Waals surface area contributed by atoms with Crippen molar-refractivity contribution in [1.29, 1.82) is 0 Å². The lowest BCUT2D eigenvalue weighted by molar-refractivity contribution is -0.141. The third-order valence-corrected chi connectivity index (χ3v) is 4.73. The molecule has 1 amide bonds. The Bertz CT molecular complexity index is 792. The number of hydrogen-bond donors (Lipinski definition) is 0. The van der Waals surface area contributed by atoms with Crippen molar-refractivity contribution < 1.29 is 14.3 Å². The monoisotopic (exact) mass is 387 g/mol. The lowest BCUT2D eigenvalue weighted by Gasteiger charge is -2.35. The molecule has 1 aromatic carbocycles. The first kappa shape index (κ1) is 19.3. The van der Waals surface area contributed by atoms with Crippen LogP contribution in [0.5, 0.6) is 0 Å². The summed E-state index contributed by atoms with van der Waals surface area (Å²) in [5, 5.41) is 0.206. The van der Waals surface area contributed by atoms with Gasteiger partial charge in [-0.25, -0.2) is 9.78 Å². The quantitative estimate of drug-likeness (QED) is 0.583. The fraction of sp³-hybridized carbons (Fsp3) is 0.350. The van der Waals surface area contributed by atoms with E-state index in [4.69, 9.17) is 16.3 Å². The molecule has 142 valence electrons. The number of piperazine rings is 1. The molecule has 1 aliphatic heterocycles. The summed E-state index contributed by atoms with van der Waals surface area (Å²) in [5.41, 5.74) is 1.54. The second-order valence-electron chi connectivity index (χ2n) is 6.50. The van der Waals surface area contributed by atoms with Crippen molar-refractivity contribution in [2.45, 2.75) is 19.6 Å². The van der Waals surface area contributed by atoms with Gasteiger partial charge < -0.3 is 9.64 Å². The summed E-state index contributed by atoms with van der Waals surface area (Å²) in [6.07, 6.45) is 0.585. The van der Waals surface area contributed by atoms with E-state index in [1.807, 2.05) is 18.2 Å². The maximum Gasteiger partial charge on any atom is 0.339 e. The van der Waals surface area contributed by atoms with Gasteiger partial charge in [-0.15, -0.1) is 0 Å². The van der Waals surface area contributed by atoms with E-state index >= 15 is 0 Å². The molecule has 0 N–H and O–H groups in total. The number of halogens is 1. The Morgan fingerprint density at radius 3 is 2.52 bits per heavy atom. The predicted octanol–water partition coefficient (Wildman–Crippen LogP) is 2.62. The number of nitrogens with zero attached hydrogens (tertiary/aromatic N) is 3. The SMILES string of the molecule is CC(OC(=O)c1ccnc(Cl)c1)C(=O)N1CCN(Cc2ccccc2)CC1. The van der Waals surface area contributed by atoms with Crippen LogP contribution < -0.4 is 0 Å². The number of pyridine rings is 1. The number of amides is 1. The average Bonchev–Trinajstić information content (AvgIpc) is 2.69. The molecule has 1 aromatic heterocycles. The van der Waals surface area contributed by atoms with Gasteiger partial charge in [-0.1, -0.05) is 41.9 Å². The van der Waals surface area contributed by atoms with E-state index in [-0.39, 0.29) is 16.6 Å².